The maximum Gasteiger partial charge on any atom is 0.322 e. The molecule has 0 bridgehead atoms. The molecular formula is C26H27FN2O3. The molecule has 0 aliphatic heterocycles. The molecular weight excluding hydrogens is 407 g/mol. The molecule has 1 fully saturated rings. The van der Waals surface area contributed by atoms with Crippen molar-refractivity contribution in [1.82, 2.24) is 10.6 Å². The fourth-order valence-corrected chi connectivity index (χ4v) is 4.71. The Morgan fingerprint density at radius 1 is 1.03 bits per heavy atom. The van der Waals surface area contributed by atoms with Crippen LogP contribution in [0.2, 0.25) is 0 Å². The van der Waals surface area contributed by atoms with Crippen LogP contribution in [0.3, 0.4) is 0 Å². The monoisotopic (exact) mass is 434 g/mol. The molecule has 3 atom stereocenters. The Labute approximate surface area is 186 Å². The fourth-order valence-electron chi connectivity index (χ4n) is 4.71. The Morgan fingerprint density at radius 3 is 2.47 bits per heavy atom. The summed E-state index contributed by atoms with van der Waals surface area (Å²) < 4.78 is 14.2. The van der Waals surface area contributed by atoms with E-state index < -0.39 is 12.5 Å². The van der Waals surface area contributed by atoms with Crippen LogP contribution < -0.4 is 10.6 Å². The molecule has 0 spiro atoms. The number of benzene rings is 3. The van der Waals surface area contributed by atoms with Crippen LogP contribution in [-0.4, -0.2) is 29.6 Å². The van der Waals surface area contributed by atoms with Crippen LogP contribution in [-0.2, 0) is 4.79 Å². The first-order valence-corrected chi connectivity index (χ1v) is 11.0. The first kappa shape index (κ1) is 22.0. The van der Waals surface area contributed by atoms with Gasteiger partial charge in [-0.25, -0.2) is 4.39 Å². The highest BCUT2D eigenvalue weighted by Gasteiger charge is 2.27. The number of rotatable bonds is 7. The summed E-state index contributed by atoms with van der Waals surface area (Å²) in [6.45, 7) is 1.73. The van der Waals surface area contributed by atoms with Gasteiger partial charge in [0.15, 0.2) is 0 Å². The molecule has 166 valence electrons. The van der Waals surface area contributed by atoms with Gasteiger partial charge in [-0.15, -0.1) is 0 Å². The lowest BCUT2D eigenvalue weighted by atomic mass is 9.95. The van der Waals surface area contributed by atoms with E-state index >= 15 is 0 Å². The second kappa shape index (κ2) is 9.49. The second-order valence-electron chi connectivity index (χ2n) is 8.48. The maximum atomic E-state index is 14.2. The van der Waals surface area contributed by atoms with Crippen molar-refractivity contribution < 1.29 is 19.1 Å². The van der Waals surface area contributed by atoms with E-state index in [2.05, 4.69) is 17.6 Å². The molecule has 1 amide bonds. The highest BCUT2D eigenvalue weighted by atomic mass is 19.1. The molecule has 0 heterocycles. The molecule has 0 aromatic heterocycles. The van der Waals surface area contributed by atoms with Crippen LogP contribution in [0.1, 0.15) is 59.6 Å². The molecule has 4 rings (SSSR count). The van der Waals surface area contributed by atoms with E-state index in [1.807, 2.05) is 42.5 Å². The molecule has 3 N–H and O–H groups in total. The van der Waals surface area contributed by atoms with E-state index in [9.17, 15) is 14.0 Å². The number of carboxylic acid groups (broad SMARTS) is 1. The summed E-state index contributed by atoms with van der Waals surface area (Å²) in [4.78, 5) is 22.6. The third-order valence-electron chi connectivity index (χ3n) is 6.33. The normalized spacial score (nSPS) is 19.1. The summed E-state index contributed by atoms with van der Waals surface area (Å²) in [5.41, 5.74) is 2.74. The molecule has 0 unspecified atom stereocenters. The van der Waals surface area contributed by atoms with Gasteiger partial charge in [0.2, 0.25) is 0 Å². The van der Waals surface area contributed by atoms with Crippen LogP contribution in [0.25, 0.3) is 10.8 Å². The first-order valence-electron chi connectivity index (χ1n) is 11.0. The van der Waals surface area contributed by atoms with Gasteiger partial charge in [0.1, 0.15) is 12.4 Å². The van der Waals surface area contributed by atoms with Crippen LogP contribution in [0, 0.1) is 5.82 Å². The van der Waals surface area contributed by atoms with E-state index in [1.165, 1.54) is 5.56 Å². The first-order chi connectivity index (χ1) is 15.4. The zero-order chi connectivity index (χ0) is 22.7. The van der Waals surface area contributed by atoms with Crippen molar-refractivity contribution in [3.8, 4) is 0 Å². The minimum absolute atomic E-state index is 0.101. The average Bonchev–Trinajstić information content (AvgIpc) is 3.26. The topological polar surface area (TPSA) is 78.4 Å². The smallest absolute Gasteiger partial charge is 0.322 e. The summed E-state index contributed by atoms with van der Waals surface area (Å²) in [5, 5.41) is 16.4. The summed E-state index contributed by atoms with van der Waals surface area (Å²) >= 11 is 0. The molecule has 6 heteroatoms. The second-order valence-corrected chi connectivity index (χ2v) is 8.48. The summed E-state index contributed by atoms with van der Waals surface area (Å²) in [5.74, 6) is -1.24. The van der Waals surface area contributed by atoms with Crippen molar-refractivity contribution >= 4 is 22.6 Å². The molecule has 1 saturated carbocycles. The summed E-state index contributed by atoms with van der Waals surface area (Å²) in [7, 11) is 0. The Morgan fingerprint density at radius 2 is 1.75 bits per heavy atom. The van der Waals surface area contributed by atoms with Gasteiger partial charge >= 0.3 is 5.97 Å². The van der Waals surface area contributed by atoms with Gasteiger partial charge in [0.05, 0.1) is 0 Å². The van der Waals surface area contributed by atoms with Gasteiger partial charge in [-0.2, -0.15) is 0 Å². The predicted molar refractivity (Wildman–Crippen MR) is 122 cm³/mol. The lowest BCUT2D eigenvalue weighted by molar-refractivity contribution is -0.135. The third-order valence-corrected chi connectivity index (χ3v) is 6.33. The molecule has 3 aromatic carbocycles. The van der Waals surface area contributed by atoms with Crippen molar-refractivity contribution in [2.75, 3.05) is 6.54 Å². The predicted octanol–water partition coefficient (Wildman–Crippen LogP) is 4.78. The summed E-state index contributed by atoms with van der Waals surface area (Å²) in [6, 6.07) is 18.9. The number of amides is 1. The van der Waals surface area contributed by atoms with Crippen LogP contribution in [0.4, 0.5) is 4.39 Å². The number of nitrogens with one attached hydrogen (secondary N) is 2. The van der Waals surface area contributed by atoms with Crippen LogP contribution in [0.15, 0.2) is 60.7 Å². The quantitative estimate of drug-likeness (QED) is 0.500. The number of carbonyl (C=O) groups is 2. The average molecular weight is 435 g/mol. The van der Waals surface area contributed by atoms with E-state index in [0.29, 0.717) is 22.9 Å². The van der Waals surface area contributed by atoms with E-state index in [-0.39, 0.29) is 17.8 Å². The molecule has 1 aliphatic rings. The van der Waals surface area contributed by atoms with Crippen molar-refractivity contribution in [3.05, 3.63) is 83.2 Å². The number of aliphatic carboxylic acids is 1. The Bertz CT molecular complexity index is 1130. The van der Waals surface area contributed by atoms with E-state index in [1.54, 1.807) is 18.2 Å². The van der Waals surface area contributed by atoms with Gasteiger partial charge in [0.25, 0.3) is 5.91 Å². The maximum absolute atomic E-state index is 14.2. The summed E-state index contributed by atoms with van der Waals surface area (Å²) in [6.07, 6.45) is 3.10. The minimum Gasteiger partial charge on any atom is -0.480 e. The van der Waals surface area contributed by atoms with Crippen molar-refractivity contribution in [3.63, 3.8) is 0 Å². The number of carboxylic acids is 1. The van der Waals surface area contributed by atoms with Gasteiger partial charge < -0.3 is 15.7 Å². The third kappa shape index (κ3) is 4.81. The molecule has 3 aromatic rings. The number of carbonyl (C=O) groups excluding carboxylic acids is 1. The Balaban J connectivity index is 1.38. The largest absolute Gasteiger partial charge is 0.480 e. The lowest BCUT2D eigenvalue weighted by Gasteiger charge is -2.22. The minimum atomic E-state index is -1.07. The van der Waals surface area contributed by atoms with Crippen LogP contribution >= 0.6 is 0 Å². The van der Waals surface area contributed by atoms with Crippen molar-refractivity contribution in [2.45, 2.75) is 44.2 Å². The zero-order valence-corrected chi connectivity index (χ0v) is 18.0. The SMILES string of the molecule is C[C@@H](N[C@H]1CC[C@@H](c2ccc(C(=O)NCC(=O)O)cc2)C1)c1ccc(F)c2ccccc12. The van der Waals surface area contributed by atoms with Gasteiger partial charge in [-0.1, -0.05) is 42.5 Å². The van der Waals surface area contributed by atoms with Crippen molar-refractivity contribution in [1.29, 1.82) is 0 Å². The zero-order valence-electron chi connectivity index (χ0n) is 18.0. The van der Waals surface area contributed by atoms with E-state index in [4.69, 9.17) is 5.11 Å². The number of hydrogen-bond donors (Lipinski definition) is 3. The van der Waals surface area contributed by atoms with E-state index in [0.717, 1.165) is 30.2 Å². The number of fused-ring (bicyclic) bond motifs is 1. The molecule has 0 radical (unpaired) electrons. The molecule has 1 aliphatic carbocycles. The Hall–Kier alpha value is -3.25. The Kier molecular flexibility index (Phi) is 6.51. The fraction of sp³-hybridized carbons (Fsp3) is 0.308. The van der Waals surface area contributed by atoms with Crippen LogP contribution in [0.5, 0.6) is 0 Å². The highest BCUT2D eigenvalue weighted by Crippen LogP contribution is 2.36. The highest BCUT2D eigenvalue weighted by molar-refractivity contribution is 5.95. The lowest BCUT2D eigenvalue weighted by Crippen LogP contribution is -2.29. The van der Waals surface area contributed by atoms with Crippen molar-refractivity contribution in [2.24, 2.45) is 0 Å². The van der Waals surface area contributed by atoms with Gasteiger partial charge in [-0.05, 0) is 66.8 Å². The van der Waals surface area contributed by atoms with Gasteiger partial charge in [-0.3, -0.25) is 9.59 Å². The number of halogens is 1. The molecule has 32 heavy (non-hydrogen) atoms. The molecule has 0 saturated heterocycles. The standard InChI is InChI=1S/C26H27FN2O3/c1-16(21-12-13-24(27)23-5-3-2-4-22(21)23)29-20-11-10-19(14-20)17-6-8-18(9-7-17)26(32)28-15-25(30)31/h2-9,12-13,16,19-20,29H,10-11,14-15H2,1H3,(H,28,32)(H,30,31)/t16-,19-,20+/m1/s1. The molecule has 5 nitrogen and oxygen atoms in total. The van der Waals surface area contributed by atoms with Gasteiger partial charge in [0, 0.05) is 23.0 Å². The number of hydrogen-bond acceptors (Lipinski definition) is 3.